The minimum absolute atomic E-state index is 0.124. The minimum atomic E-state index is -0.905. The zero-order valence-electron chi connectivity index (χ0n) is 18.8. The number of aromatic amines is 1. The van der Waals surface area contributed by atoms with E-state index in [1.807, 2.05) is 12.1 Å². The zero-order valence-corrected chi connectivity index (χ0v) is 19.5. The number of ether oxygens (including phenoxy) is 3. The van der Waals surface area contributed by atoms with Gasteiger partial charge in [-0.15, -0.1) is 0 Å². The first-order valence-electron chi connectivity index (χ1n) is 10.7. The third kappa shape index (κ3) is 4.81. The largest absolute Gasteiger partial charge is 0.476 e. The van der Waals surface area contributed by atoms with Gasteiger partial charge >= 0.3 is 6.01 Å². The summed E-state index contributed by atoms with van der Waals surface area (Å²) in [6.07, 6.45) is 1.81. The third-order valence-corrected chi connectivity index (χ3v) is 5.44. The second-order valence-electron chi connectivity index (χ2n) is 7.46. The van der Waals surface area contributed by atoms with Crippen molar-refractivity contribution in [3.8, 4) is 28.9 Å². The van der Waals surface area contributed by atoms with E-state index in [1.165, 1.54) is 6.33 Å². The Hall–Kier alpha value is -4.16. The van der Waals surface area contributed by atoms with Crippen LogP contribution < -0.4 is 9.47 Å². The maximum Gasteiger partial charge on any atom is 0.327 e. The van der Waals surface area contributed by atoms with E-state index in [0.717, 1.165) is 12.1 Å². The lowest BCUT2D eigenvalue weighted by molar-refractivity contribution is 0.116. The lowest BCUT2D eigenvalue weighted by atomic mass is 10.1. The number of methoxy groups -OCH3 is 1. The van der Waals surface area contributed by atoms with Gasteiger partial charge in [0.25, 0.3) is 0 Å². The first kappa shape index (κ1) is 23.6. The molecule has 0 aliphatic rings. The highest BCUT2D eigenvalue weighted by molar-refractivity contribution is 6.33. The molecule has 5 rings (SSSR count). The summed E-state index contributed by atoms with van der Waals surface area (Å²) in [6, 6.07) is 9.85. The standard InChI is InChI=1S/C23H18ClF2N7O3/c1-34-12-33-18(27-11-28-33)8-9-35-22-19-20(14-4-2-3-5-15(14)24)31-32-21(19)29-23(30-22)36-17-7-6-13(25)10-16(17)26/h2-7,10-11H,8-9,12H2,1H3,(H,29,30,31,32). The number of hydrogen-bond donors (Lipinski definition) is 1. The van der Waals surface area contributed by atoms with E-state index in [9.17, 15) is 8.78 Å². The van der Waals surface area contributed by atoms with Gasteiger partial charge in [-0.3, -0.25) is 5.10 Å². The maximum atomic E-state index is 14.2. The van der Waals surface area contributed by atoms with Gasteiger partial charge in [-0.2, -0.15) is 20.2 Å². The van der Waals surface area contributed by atoms with Crippen LogP contribution in [0.15, 0.2) is 48.8 Å². The molecule has 36 heavy (non-hydrogen) atoms. The predicted octanol–water partition coefficient (Wildman–Crippen LogP) is 4.56. The van der Waals surface area contributed by atoms with Gasteiger partial charge in [0.05, 0.1) is 12.3 Å². The Morgan fingerprint density at radius 1 is 1.11 bits per heavy atom. The lowest BCUT2D eigenvalue weighted by Crippen LogP contribution is -2.12. The van der Waals surface area contributed by atoms with Crippen molar-refractivity contribution in [2.45, 2.75) is 13.2 Å². The van der Waals surface area contributed by atoms with Gasteiger partial charge in [0, 0.05) is 30.2 Å². The van der Waals surface area contributed by atoms with Crippen molar-refractivity contribution in [1.29, 1.82) is 0 Å². The average molecular weight is 514 g/mol. The fraction of sp³-hybridized carbons (Fsp3) is 0.174. The highest BCUT2D eigenvalue weighted by atomic mass is 35.5. The van der Waals surface area contributed by atoms with Gasteiger partial charge in [0.2, 0.25) is 5.88 Å². The van der Waals surface area contributed by atoms with Crippen molar-refractivity contribution in [2.24, 2.45) is 0 Å². The molecule has 0 radical (unpaired) electrons. The summed E-state index contributed by atoms with van der Waals surface area (Å²) in [5, 5.41) is 12.2. The van der Waals surface area contributed by atoms with Crippen molar-refractivity contribution < 1.29 is 23.0 Å². The van der Waals surface area contributed by atoms with Gasteiger partial charge in [-0.05, 0) is 18.2 Å². The topological polar surface area (TPSA) is 113 Å². The molecule has 10 nitrogen and oxygen atoms in total. The molecule has 0 aliphatic carbocycles. The van der Waals surface area contributed by atoms with Crippen LogP contribution in [0.25, 0.3) is 22.3 Å². The fourth-order valence-corrected chi connectivity index (χ4v) is 3.72. The summed E-state index contributed by atoms with van der Waals surface area (Å²) in [4.78, 5) is 12.8. The van der Waals surface area contributed by atoms with Gasteiger partial charge in [0.15, 0.2) is 17.2 Å². The van der Waals surface area contributed by atoms with Gasteiger partial charge < -0.3 is 14.2 Å². The molecule has 184 valence electrons. The molecule has 3 heterocycles. The fourth-order valence-electron chi connectivity index (χ4n) is 3.49. The number of rotatable bonds is 9. The third-order valence-electron chi connectivity index (χ3n) is 5.11. The summed E-state index contributed by atoms with van der Waals surface area (Å²) < 4.78 is 45.7. The van der Waals surface area contributed by atoms with Crippen LogP contribution in [-0.4, -0.2) is 48.6 Å². The number of hydrogen-bond acceptors (Lipinski definition) is 8. The molecule has 0 saturated heterocycles. The van der Waals surface area contributed by atoms with E-state index in [2.05, 4.69) is 30.2 Å². The first-order chi connectivity index (χ1) is 17.5. The summed E-state index contributed by atoms with van der Waals surface area (Å²) >= 11 is 6.40. The summed E-state index contributed by atoms with van der Waals surface area (Å²) in [6.45, 7) is 0.401. The number of halogens is 3. The number of benzene rings is 2. The molecule has 0 bridgehead atoms. The number of H-pyrrole nitrogens is 1. The number of nitrogens with zero attached hydrogens (tertiary/aromatic N) is 6. The Bertz CT molecular complexity index is 1530. The summed E-state index contributed by atoms with van der Waals surface area (Å²) in [5.74, 6) is -1.13. The molecule has 2 aromatic carbocycles. The molecule has 0 saturated carbocycles. The van der Waals surface area contributed by atoms with Crippen molar-refractivity contribution in [3.63, 3.8) is 0 Å². The van der Waals surface area contributed by atoms with Crippen LogP contribution in [-0.2, 0) is 17.9 Å². The van der Waals surface area contributed by atoms with E-state index in [4.69, 9.17) is 25.8 Å². The van der Waals surface area contributed by atoms with E-state index < -0.39 is 11.6 Å². The Labute approximate surface area is 207 Å². The molecule has 0 atom stereocenters. The molecule has 0 aliphatic heterocycles. The monoisotopic (exact) mass is 513 g/mol. The van der Waals surface area contributed by atoms with Crippen molar-refractivity contribution >= 4 is 22.6 Å². The summed E-state index contributed by atoms with van der Waals surface area (Å²) in [5.41, 5.74) is 1.40. The molecular weight excluding hydrogens is 496 g/mol. The van der Waals surface area contributed by atoms with Crippen LogP contribution >= 0.6 is 11.6 Å². The van der Waals surface area contributed by atoms with Gasteiger partial charge in [-0.1, -0.05) is 29.8 Å². The summed E-state index contributed by atoms with van der Waals surface area (Å²) in [7, 11) is 1.56. The van der Waals surface area contributed by atoms with E-state index >= 15 is 0 Å². The molecular formula is C23H18ClF2N7O3. The first-order valence-corrected chi connectivity index (χ1v) is 11.0. The molecule has 0 amide bonds. The van der Waals surface area contributed by atoms with Crippen LogP contribution in [0.2, 0.25) is 5.02 Å². The van der Waals surface area contributed by atoms with Crippen LogP contribution in [0.1, 0.15) is 5.82 Å². The normalized spacial score (nSPS) is 11.2. The number of fused-ring (bicyclic) bond motifs is 1. The molecule has 0 fully saturated rings. The highest BCUT2D eigenvalue weighted by Gasteiger charge is 2.21. The Kier molecular flexibility index (Phi) is 6.69. The molecule has 0 spiro atoms. The van der Waals surface area contributed by atoms with E-state index in [1.54, 1.807) is 23.9 Å². The Morgan fingerprint density at radius 2 is 1.97 bits per heavy atom. The molecule has 13 heteroatoms. The smallest absolute Gasteiger partial charge is 0.327 e. The van der Waals surface area contributed by atoms with Crippen molar-refractivity contribution in [2.75, 3.05) is 13.7 Å². The van der Waals surface area contributed by atoms with Crippen LogP contribution in [0.5, 0.6) is 17.6 Å². The maximum absolute atomic E-state index is 14.2. The SMILES string of the molecule is COCn1ncnc1CCOc1nc(Oc2ccc(F)cc2F)nc2n[nH]c(-c3ccccc3Cl)c12. The zero-order chi connectivity index (χ0) is 25.1. The number of nitrogens with one attached hydrogen (secondary N) is 1. The van der Waals surface area contributed by atoms with E-state index in [0.29, 0.717) is 40.0 Å². The second kappa shape index (κ2) is 10.2. The van der Waals surface area contributed by atoms with Crippen LogP contribution in [0.4, 0.5) is 8.78 Å². The minimum Gasteiger partial charge on any atom is -0.476 e. The quantitative estimate of drug-likeness (QED) is 0.305. The highest BCUT2D eigenvalue weighted by Crippen LogP contribution is 2.37. The van der Waals surface area contributed by atoms with E-state index in [-0.39, 0.29) is 36.6 Å². The molecule has 3 aromatic heterocycles. The van der Waals surface area contributed by atoms with Gasteiger partial charge in [-0.25, -0.2) is 18.4 Å². The Balaban J connectivity index is 1.51. The van der Waals surface area contributed by atoms with Crippen molar-refractivity contribution in [3.05, 3.63) is 71.3 Å². The molecule has 0 unspecified atom stereocenters. The second-order valence-corrected chi connectivity index (χ2v) is 7.86. The molecule has 5 aromatic rings. The van der Waals surface area contributed by atoms with Gasteiger partial charge in [0.1, 0.15) is 30.1 Å². The number of aromatic nitrogens is 7. The van der Waals surface area contributed by atoms with Crippen molar-refractivity contribution in [1.82, 2.24) is 34.9 Å². The van der Waals surface area contributed by atoms with Crippen LogP contribution in [0, 0.1) is 11.6 Å². The van der Waals surface area contributed by atoms with Crippen LogP contribution in [0.3, 0.4) is 0 Å². The predicted molar refractivity (Wildman–Crippen MR) is 125 cm³/mol. The average Bonchev–Trinajstić information content (AvgIpc) is 3.48. The Morgan fingerprint density at radius 3 is 2.78 bits per heavy atom. The molecule has 1 N–H and O–H groups in total. The lowest BCUT2D eigenvalue weighted by Gasteiger charge is -2.11.